The van der Waals surface area contributed by atoms with Crippen molar-refractivity contribution in [3.8, 4) is 6.07 Å². The molecule has 3 heteroatoms. The van der Waals surface area contributed by atoms with Gasteiger partial charge in [0.25, 0.3) is 0 Å². The molecule has 1 aliphatic heterocycles. The molecule has 0 bridgehead atoms. The van der Waals surface area contributed by atoms with Crippen molar-refractivity contribution < 1.29 is 0 Å². The molecule has 0 N–H and O–H groups in total. The molecule has 0 spiro atoms. The molecule has 2 nitrogen and oxygen atoms in total. The van der Waals surface area contributed by atoms with E-state index < -0.39 is 0 Å². The van der Waals surface area contributed by atoms with E-state index in [-0.39, 0.29) is 0 Å². The van der Waals surface area contributed by atoms with Crippen LogP contribution in [0.25, 0.3) is 10.1 Å². The van der Waals surface area contributed by atoms with E-state index in [0.29, 0.717) is 12.0 Å². The lowest BCUT2D eigenvalue weighted by atomic mass is 9.85. The van der Waals surface area contributed by atoms with Crippen molar-refractivity contribution in [2.24, 2.45) is 0 Å². The third-order valence-corrected chi connectivity index (χ3v) is 5.57. The quantitative estimate of drug-likeness (QED) is 0.819. The fraction of sp³-hybridized carbons (Fsp3) is 0.471. The minimum atomic E-state index is 0.607. The molecule has 20 heavy (non-hydrogen) atoms. The van der Waals surface area contributed by atoms with Gasteiger partial charge in [-0.3, -0.25) is 0 Å². The van der Waals surface area contributed by atoms with Gasteiger partial charge in [-0.25, -0.2) is 0 Å². The lowest BCUT2D eigenvalue weighted by molar-refractivity contribution is 0.155. The molecule has 1 aliphatic rings. The Labute approximate surface area is 124 Å². The van der Waals surface area contributed by atoms with Gasteiger partial charge in [0.05, 0.1) is 11.6 Å². The van der Waals surface area contributed by atoms with Crippen LogP contribution in [-0.4, -0.2) is 24.0 Å². The minimum Gasteiger partial charge on any atom is -0.301 e. The highest BCUT2D eigenvalue weighted by Crippen LogP contribution is 2.39. The van der Waals surface area contributed by atoms with E-state index in [0.717, 1.165) is 12.1 Å². The van der Waals surface area contributed by atoms with E-state index in [4.69, 9.17) is 0 Å². The number of nitrogens with zero attached hydrogens (tertiary/aromatic N) is 2. The second-order valence-corrected chi connectivity index (χ2v) is 6.59. The molecule has 2 atom stereocenters. The number of benzene rings is 1. The molecule has 3 rings (SSSR count). The summed E-state index contributed by atoms with van der Waals surface area (Å²) in [7, 11) is 0. The summed E-state index contributed by atoms with van der Waals surface area (Å²) < 4.78 is 1.25. The lowest BCUT2D eigenvalue weighted by Crippen LogP contribution is -2.39. The minimum absolute atomic E-state index is 0.607. The first-order chi connectivity index (χ1) is 9.74. The number of piperidine rings is 1. The van der Waals surface area contributed by atoms with Crippen LogP contribution in [0.15, 0.2) is 23.6 Å². The molecular formula is C17H20N2S. The van der Waals surface area contributed by atoms with Crippen molar-refractivity contribution in [2.75, 3.05) is 13.1 Å². The summed E-state index contributed by atoms with van der Waals surface area (Å²) in [6, 6.07) is 9.08. The van der Waals surface area contributed by atoms with Gasteiger partial charge in [-0.15, -0.1) is 11.3 Å². The van der Waals surface area contributed by atoms with Crippen LogP contribution in [0.3, 0.4) is 0 Å². The third kappa shape index (κ3) is 2.24. The molecule has 0 aliphatic carbocycles. The summed E-state index contributed by atoms with van der Waals surface area (Å²) >= 11 is 1.78. The highest BCUT2D eigenvalue weighted by Gasteiger charge is 2.27. The molecule has 2 aromatic rings. The van der Waals surface area contributed by atoms with Gasteiger partial charge in [0.15, 0.2) is 0 Å². The maximum atomic E-state index is 9.36. The average molecular weight is 284 g/mol. The zero-order valence-electron chi connectivity index (χ0n) is 12.1. The van der Waals surface area contributed by atoms with Crippen LogP contribution in [0.1, 0.15) is 43.7 Å². The second kappa shape index (κ2) is 5.55. The van der Waals surface area contributed by atoms with E-state index >= 15 is 0 Å². The Kier molecular flexibility index (Phi) is 3.78. The largest absolute Gasteiger partial charge is 0.301 e. The second-order valence-electron chi connectivity index (χ2n) is 5.68. The van der Waals surface area contributed by atoms with Crippen LogP contribution in [0.4, 0.5) is 0 Å². The third-order valence-electron chi connectivity index (χ3n) is 4.61. The summed E-state index contributed by atoms with van der Waals surface area (Å²) in [6.45, 7) is 6.89. The molecule has 0 radical (unpaired) electrons. The predicted octanol–water partition coefficient (Wildman–Crippen LogP) is 4.36. The van der Waals surface area contributed by atoms with Gasteiger partial charge in [0.2, 0.25) is 0 Å². The maximum Gasteiger partial charge on any atom is 0.0998 e. The summed E-state index contributed by atoms with van der Waals surface area (Å²) in [4.78, 5) is 2.55. The first-order valence-electron chi connectivity index (χ1n) is 7.38. The highest BCUT2D eigenvalue weighted by atomic mass is 32.1. The van der Waals surface area contributed by atoms with Crippen LogP contribution < -0.4 is 0 Å². The van der Waals surface area contributed by atoms with Gasteiger partial charge >= 0.3 is 0 Å². The van der Waals surface area contributed by atoms with Crippen LogP contribution in [0, 0.1) is 11.3 Å². The Morgan fingerprint density at radius 3 is 3.00 bits per heavy atom. The Balaban J connectivity index is 1.98. The summed E-state index contributed by atoms with van der Waals surface area (Å²) in [5.41, 5.74) is 2.24. The normalized spacial score (nSPS) is 23.9. The molecule has 104 valence electrons. The van der Waals surface area contributed by atoms with Gasteiger partial charge in [0.1, 0.15) is 0 Å². The number of fused-ring (bicyclic) bond motifs is 1. The summed E-state index contributed by atoms with van der Waals surface area (Å²) in [5.74, 6) is 0.607. The molecule has 2 heterocycles. The summed E-state index contributed by atoms with van der Waals surface area (Å²) in [6.07, 6.45) is 2.42. The highest BCUT2D eigenvalue weighted by molar-refractivity contribution is 7.17. The fourth-order valence-corrected chi connectivity index (χ4v) is 4.55. The molecule has 1 fully saturated rings. The zero-order chi connectivity index (χ0) is 14.1. The molecule has 1 saturated heterocycles. The number of likely N-dealkylation sites (tertiary alicyclic amines) is 1. The molecule has 2 unspecified atom stereocenters. The Bertz CT molecular complexity index is 653. The molecule has 1 aromatic carbocycles. The topological polar surface area (TPSA) is 27.0 Å². The van der Waals surface area contributed by atoms with Crippen molar-refractivity contribution in [3.63, 3.8) is 0 Å². The van der Waals surface area contributed by atoms with E-state index in [9.17, 15) is 5.26 Å². The van der Waals surface area contributed by atoms with Crippen molar-refractivity contribution in [2.45, 2.75) is 38.6 Å². The first-order valence-corrected chi connectivity index (χ1v) is 8.26. The number of nitriles is 1. The molecular weight excluding hydrogens is 264 g/mol. The van der Waals surface area contributed by atoms with Crippen molar-refractivity contribution in [3.05, 3.63) is 34.7 Å². The molecule has 0 saturated carbocycles. The fourth-order valence-electron chi connectivity index (χ4n) is 3.48. The Morgan fingerprint density at radius 1 is 1.45 bits per heavy atom. The number of thiophene rings is 1. The smallest absolute Gasteiger partial charge is 0.0998 e. The van der Waals surface area contributed by atoms with Gasteiger partial charge in [-0.2, -0.15) is 5.26 Å². The number of hydrogen-bond acceptors (Lipinski definition) is 3. The van der Waals surface area contributed by atoms with Crippen molar-refractivity contribution >= 4 is 21.4 Å². The number of rotatable bonds is 2. The predicted molar refractivity (Wildman–Crippen MR) is 85.2 cm³/mol. The molecule has 0 amide bonds. The lowest BCUT2D eigenvalue weighted by Gasteiger charge is -2.37. The summed E-state index contributed by atoms with van der Waals surface area (Å²) in [5, 5.41) is 12.8. The van der Waals surface area contributed by atoms with Crippen molar-refractivity contribution in [1.29, 1.82) is 5.26 Å². The monoisotopic (exact) mass is 284 g/mol. The van der Waals surface area contributed by atoms with Gasteiger partial charge in [0, 0.05) is 16.1 Å². The Morgan fingerprint density at radius 2 is 2.30 bits per heavy atom. The first kappa shape index (κ1) is 13.6. The standard InChI is InChI=1S/C17H20N2S/c1-3-19-8-7-13(9-12(19)2)15-11-20-16-6-4-5-14(10-18)17(15)16/h4-6,11-13H,3,7-9H2,1-2H3. The van der Waals surface area contributed by atoms with Crippen LogP contribution in [-0.2, 0) is 0 Å². The van der Waals surface area contributed by atoms with Crippen LogP contribution >= 0.6 is 11.3 Å². The van der Waals surface area contributed by atoms with E-state index in [1.807, 2.05) is 12.1 Å². The maximum absolute atomic E-state index is 9.36. The van der Waals surface area contributed by atoms with Crippen LogP contribution in [0.5, 0.6) is 0 Å². The van der Waals surface area contributed by atoms with Gasteiger partial charge in [-0.05, 0) is 61.8 Å². The zero-order valence-corrected chi connectivity index (χ0v) is 12.9. The Hall–Kier alpha value is -1.37. The SMILES string of the molecule is CCN1CCC(c2csc3cccc(C#N)c23)CC1C. The van der Waals surface area contributed by atoms with Crippen molar-refractivity contribution in [1.82, 2.24) is 4.90 Å². The van der Waals surface area contributed by atoms with Crippen LogP contribution in [0.2, 0.25) is 0 Å². The van der Waals surface area contributed by atoms with E-state index in [1.165, 1.54) is 35.0 Å². The van der Waals surface area contributed by atoms with E-state index in [1.54, 1.807) is 11.3 Å². The van der Waals surface area contributed by atoms with E-state index in [2.05, 4.69) is 36.3 Å². The average Bonchev–Trinajstić information content (AvgIpc) is 2.91. The van der Waals surface area contributed by atoms with Gasteiger partial charge < -0.3 is 4.90 Å². The van der Waals surface area contributed by atoms with Gasteiger partial charge in [-0.1, -0.05) is 13.0 Å². The number of hydrogen-bond donors (Lipinski definition) is 0. The molecule has 1 aromatic heterocycles.